The van der Waals surface area contributed by atoms with Crippen molar-refractivity contribution < 1.29 is 14.2 Å². The summed E-state index contributed by atoms with van der Waals surface area (Å²) in [5.41, 5.74) is 0. The molecule has 0 radical (unpaired) electrons. The first-order valence-corrected chi connectivity index (χ1v) is 5.33. The second kappa shape index (κ2) is 8.21. The van der Waals surface area contributed by atoms with Crippen LogP contribution in [0.5, 0.6) is 0 Å². The van der Waals surface area contributed by atoms with Crippen LogP contribution in [0, 0.1) is 5.92 Å². The van der Waals surface area contributed by atoms with E-state index in [2.05, 4.69) is 0 Å². The predicted octanol–water partition coefficient (Wildman–Crippen LogP) is 2.10. The van der Waals surface area contributed by atoms with Crippen molar-refractivity contribution in [2.75, 3.05) is 26.9 Å². The van der Waals surface area contributed by atoms with E-state index in [4.69, 9.17) is 14.2 Å². The van der Waals surface area contributed by atoms with Gasteiger partial charge in [-0.25, -0.2) is 0 Å². The third-order valence-corrected chi connectivity index (χ3v) is 2.22. The Morgan fingerprint density at radius 3 is 2.14 bits per heavy atom. The maximum absolute atomic E-state index is 5.56. The second-order valence-electron chi connectivity index (χ2n) is 3.74. The molecular formula is C11H24O3. The molecule has 0 aliphatic heterocycles. The van der Waals surface area contributed by atoms with Crippen LogP contribution in [-0.4, -0.2) is 39.1 Å². The lowest BCUT2D eigenvalue weighted by Crippen LogP contribution is -2.29. The SMILES string of the molecule is CCOCC(COC(C)C)C(C)OC. The molecule has 0 heterocycles. The van der Waals surface area contributed by atoms with E-state index < -0.39 is 0 Å². The van der Waals surface area contributed by atoms with Gasteiger partial charge in [0.15, 0.2) is 0 Å². The van der Waals surface area contributed by atoms with Crippen molar-refractivity contribution in [1.29, 1.82) is 0 Å². The Bertz CT molecular complexity index is 126. The normalized spacial score (nSPS) is 15.9. The summed E-state index contributed by atoms with van der Waals surface area (Å²) in [5, 5.41) is 0. The number of hydrogen-bond donors (Lipinski definition) is 0. The molecule has 0 aromatic rings. The largest absolute Gasteiger partial charge is 0.381 e. The van der Waals surface area contributed by atoms with Gasteiger partial charge < -0.3 is 14.2 Å². The first-order valence-electron chi connectivity index (χ1n) is 5.33. The zero-order chi connectivity index (χ0) is 11.0. The third kappa shape index (κ3) is 6.35. The number of ether oxygens (including phenoxy) is 3. The molecule has 0 aliphatic carbocycles. The van der Waals surface area contributed by atoms with Crippen LogP contribution in [0.2, 0.25) is 0 Å². The van der Waals surface area contributed by atoms with Crippen LogP contribution in [0.15, 0.2) is 0 Å². The summed E-state index contributed by atoms with van der Waals surface area (Å²) in [7, 11) is 1.72. The van der Waals surface area contributed by atoms with Crippen molar-refractivity contribution in [3.63, 3.8) is 0 Å². The average molecular weight is 204 g/mol. The van der Waals surface area contributed by atoms with Crippen molar-refractivity contribution in [3.05, 3.63) is 0 Å². The van der Waals surface area contributed by atoms with Crippen molar-refractivity contribution in [3.8, 4) is 0 Å². The first-order chi connectivity index (χ1) is 6.61. The van der Waals surface area contributed by atoms with Gasteiger partial charge in [-0.05, 0) is 27.7 Å². The summed E-state index contributed by atoms with van der Waals surface area (Å²) in [6.07, 6.45) is 0.448. The summed E-state index contributed by atoms with van der Waals surface area (Å²) < 4.78 is 16.2. The second-order valence-corrected chi connectivity index (χ2v) is 3.74. The fourth-order valence-electron chi connectivity index (χ4n) is 1.10. The lowest BCUT2D eigenvalue weighted by atomic mass is 10.1. The molecule has 0 saturated heterocycles. The van der Waals surface area contributed by atoms with Gasteiger partial charge in [0, 0.05) is 19.6 Å². The van der Waals surface area contributed by atoms with Crippen LogP contribution in [-0.2, 0) is 14.2 Å². The third-order valence-electron chi connectivity index (χ3n) is 2.22. The van der Waals surface area contributed by atoms with Crippen LogP contribution >= 0.6 is 0 Å². The van der Waals surface area contributed by atoms with Gasteiger partial charge in [0.25, 0.3) is 0 Å². The van der Waals surface area contributed by atoms with Gasteiger partial charge >= 0.3 is 0 Å². The molecule has 0 bridgehead atoms. The van der Waals surface area contributed by atoms with Crippen molar-refractivity contribution in [1.82, 2.24) is 0 Å². The Morgan fingerprint density at radius 2 is 1.71 bits per heavy atom. The fraction of sp³-hybridized carbons (Fsp3) is 1.00. The average Bonchev–Trinajstić information content (AvgIpc) is 2.16. The summed E-state index contributed by atoms with van der Waals surface area (Å²) in [4.78, 5) is 0. The van der Waals surface area contributed by atoms with E-state index in [1.807, 2.05) is 27.7 Å². The minimum absolute atomic E-state index is 0.181. The molecule has 3 nitrogen and oxygen atoms in total. The summed E-state index contributed by atoms with van der Waals surface area (Å²) in [5.74, 6) is 0.322. The Kier molecular flexibility index (Phi) is 8.14. The zero-order valence-corrected chi connectivity index (χ0v) is 10.1. The Balaban J connectivity index is 3.84. The molecule has 0 amide bonds. The molecule has 14 heavy (non-hydrogen) atoms. The Morgan fingerprint density at radius 1 is 1.07 bits per heavy atom. The standard InChI is InChI=1S/C11H24O3/c1-6-13-7-11(10(4)12-5)8-14-9(2)3/h9-11H,6-8H2,1-5H3. The monoisotopic (exact) mass is 204 g/mol. The van der Waals surface area contributed by atoms with E-state index in [1.165, 1.54) is 0 Å². The first kappa shape index (κ1) is 13.9. The van der Waals surface area contributed by atoms with Gasteiger partial charge in [-0.15, -0.1) is 0 Å². The van der Waals surface area contributed by atoms with Crippen molar-refractivity contribution in [2.24, 2.45) is 5.92 Å². The number of rotatable bonds is 8. The smallest absolute Gasteiger partial charge is 0.0615 e. The van der Waals surface area contributed by atoms with Gasteiger partial charge in [-0.3, -0.25) is 0 Å². The molecule has 3 heteroatoms. The maximum atomic E-state index is 5.56. The molecule has 2 atom stereocenters. The molecule has 0 saturated carbocycles. The molecule has 0 aromatic carbocycles. The lowest BCUT2D eigenvalue weighted by Gasteiger charge is -2.23. The van der Waals surface area contributed by atoms with Crippen LogP contribution in [0.4, 0.5) is 0 Å². The summed E-state index contributed by atoms with van der Waals surface area (Å²) >= 11 is 0. The Labute approximate surface area is 87.7 Å². The van der Waals surface area contributed by atoms with Crippen LogP contribution in [0.3, 0.4) is 0 Å². The van der Waals surface area contributed by atoms with Gasteiger partial charge in [0.1, 0.15) is 0 Å². The van der Waals surface area contributed by atoms with E-state index in [0.29, 0.717) is 19.1 Å². The fourth-order valence-corrected chi connectivity index (χ4v) is 1.10. The molecule has 0 spiro atoms. The molecule has 0 fully saturated rings. The molecule has 86 valence electrons. The highest BCUT2D eigenvalue weighted by Crippen LogP contribution is 2.09. The Hall–Kier alpha value is -0.120. The van der Waals surface area contributed by atoms with E-state index in [0.717, 1.165) is 6.61 Å². The van der Waals surface area contributed by atoms with E-state index >= 15 is 0 Å². The molecule has 0 rings (SSSR count). The zero-order valence-electron chi connectivity index (χ0n) is 10.1. The number of hydrogen-bond acceptors (Lipinski definition) is 3. The highest BCUT2D eigenvalue weighted by atomic mass is 16.5. The number of methoxy groups -OCH3 is 1. The molecule has 0 aliphatic rings. The highest BCUT2D eigenvalue weighted by Gasteiger charge is 2.17. The molecular weight excluding hydrogens is 180 g/mol. The van der Waals surface area contributed by atoms with Crippen molar-refractivity contribution in [2.45, 2.75) is 39.9 Å². The van der Waals surface area contributed by atoms with Gasteiger partial charge in [-0.1, -0.05) is 0 Å². The quantitative estimate of drug-likeness (QED) is 0.606. The minimum Gasteiger partial charge on any atom is -0.381 e. The predicted molar refractivity (Wildman–Crippen MR) is 57.5 cm³/mol. The summed E-state index contributed by atoms with van der Waals surface area (Å²) in [6.45, 7) is 10.3. The maximum Gasteiger partial charge on any atom is 0.0615 e. The van der Waals surface area contributed by atoms with E-state index in [-0.39, 0.29) is 12.2 Å². The van der Waals surface area contributed by atoms with Crippen LogP contribution in [0.1, 0.15) is 27.7 Å². The lowest BCUT2D eigenvalue weighted by molar-refractivity contribution is -0.0420. The van der Waals surface area contributed by atoms with Gasteiger partial charge in [0.05, 0.1) is 25.4 Å². The molecule has 0 aromatic heterocycles. The van der Waals surface area contributed by atoms with Gasteiger partial charge in [0.2, 0.25) is 0 Å². The minimum atomic E-state index is 0.181. The summed E-state index contributed by atoms with van der Waals surface area (Å²) in [6, 6.07) is 0. The topological polar surface area (TPSA) is 27.7 Å². The molecule has 0 N–H and O–H groups in total. The van der Waals surface area contributed by atoms with Crippen LogP contribution < -0.4 is 0 Å². The van der Waals surface area contributed by atoms with Crippen molar-refractivity contribution >= 4 is 0 Å². The van der Waals surface area contributed by atoms with Gasteiger partial charge in [-0.2, -0.15) is 0 Å². The highest BCUT2D eigenvalue weighted by molar-refractivity contribution is 4.65. The van der Waals surface area contributed by atoms with Crippen LogP contribution in [0.25, 0.3) is 0 Å². The van der Waals surface area contributed by atoms with E-state index in [1.54, 1.807) is 7.11 Å². The van der Waals surface area contributed by atoms with E-state index in [9.17, 15) is 0 Å². The molecule has 2 unspecified atom stereocenters.